The van der Waals surface area contributed by atoms with Gasteiger partial charge in [-0.2, -0.15) is 18.7 Å². The zero-order valence-corrected chi connectivity index (χ0v) is 25.4. The number of likely N-dealkylation sites (tertiary alicyclic amines) is 1. The standard InChI is InChI=1S/C32H35F3N4O6/c1-19-15-21(23-7-5-6-8-25(23)36-19)18-44-22-11-9-20(10-12-22)28(41)37-26-13-14-39(27(40)16-31(2,3)4)17-24(26)29(42)38-45-30(43)32(33,34)35/h5-12,15,24,26H,13-14,16-18H2,1-4H3,(H,37,41)(H,38,42)/t24-,26+/m0/s1. The van der Waals surface area contributed by atoms with Crippen LogP contribution in [0.5, 0.6) is 5.75 Å². The lowest BCUT2D eigenvalue weighted by atomic mass is 9.88. The minimum Gasteiger partial charge on any atom is -0.489 e. The van der Waals surface area contributed by atoms with Gasteiger partial charge in [-0.15, -0.1) is 0 Å². The van der Waals surface area contributed by atoms with Crippen LogP contribution >= 0.6 is 0 Å². The van der Waals surface area contributed by atoms with Crippen LogP contribution in [-0.4, -0.2) is 58.9 Å². The molecular weight excluding hydrogens is 593 g/mol. The van der Waals surface area contributed by atoms with E-state index in [0.717, 1.165) is 22.2 Å². The van der Waals surface area contributed by atoms with Crippen molar-refractivity contribution in [3.63, 3.8) is 0 Å². The van der Waals surface area contributed by atoms with Gasteiger partial charge in [0.05, 0.1) is 11.4 Å². The van der Waals surface area contributed by atoms with E-state index in [0.29, 0.717) is 5.75 Å². The highest BCUT2D eigenvalue weighted by molar-refractivity contribution is 5.95. The number of halogens is 3. The molecule has 240 valence electrons. The van der Waals surface area contributed by atoms with Gasteiger partial charge < -0.3 is 19.8 Å². The number of aryl methyl sites for hydroxylation is 1. The summed E-state index contributed by atoms with van der Waals surface area (Å²) in [6.07, 6.45) is -5.00. The highest BCUT2D eigenvalue weighted by Crippen LogP contribution is 2.25. The third kappa shape index (κ3) is 8.93. The van der Waals surface area contributed by atoms with E-state index in [-0.39, 0.29) is 49.4 Å². The summed E-state index contributed by atoms with van der Waals surface area (Å²) in [4.78, 5) is 59.9. The van der Waals surface area contributed by atoms with Crippen LogP contribution < -0.4 is 15.5 Å². The zero-order valence-electron chi connectivity index (χ0n) is 25.4. The van der Waals surface area contributed by atoms with Crippen LogP contribution in [0, 0.1) is 18.3 Å². The van der Waals surface area contributed by atoms with Crippen LogP contribution in [0.15, 0.2) is 54.6 Å². The molecule has 13 heteroatoms. The SMILES string of the molecule is Cc1cc(COc2ccc(C(=O)N[C@@H]3CCN(C(=O)CC(C)(C)C)C[C@@H]3C(=O)NOC(=O)C(F)(F)F)cc2)c2ccccc2n1. The molecule has 1 fully saturated rings. The molecule has 2 aromatic carbocycles. The molecule has 0 spiro atoms. The molecule has 1 aromatic heterocycles. The first-order chi connectivity index (χ1) is 21.1. The van der Waals surface area contributed by atoms with Gasteiger partial charge in [-0.3, -0.25) is 19.4 Å². The Kier molecular flexibility index (Phi) is 9.99. The van der Waals surface area contributed by atoms with Crippen LogP contribution in [0.4, 0.5) is 13.2 Å². The molecule has 1 aliphatic heterocycles. The van der Waals surface area contributed by atoms with Crippen LogP contribution in [0.3, 0.4) is 0 Å². The van der Waals surface area contributed by atoms with Crippen LogP contribution in [0.2, 0.25) is 0 Å². The van der Waals surface area contributed by atoms with Crippen LogP contribution in [0.25, 0.3) is 10.9 Å². The number of nitrogens with zero attached hydrogens (tertiary/aromatic N) is 2. The lowest BCUT2D eigenvalue weighted by Crippen LogP contribution is -2.57. The maximum Gasteiger partial charge on any atom is 0.493 e. The second-order valence-corrected chi connectivity index (χ2v) is 12.2. The fraction of sp³-hybridized carbons (Fsp3) is 0.406. The first kappa shape index (κ1) is 33.2. The molecular formula is C32H35F3N4O6. The zero-order chi connectivity index (χ0) is 32.9. The summed E-state index contributed by atoms with van der Waals surface area (Å²) in [5.41, 5.74) is 4.12. The van der Waals surface area contributed by atoms with E-state index in [1.807, 2.05) is 58.0 Å². The van der Waals surface area contributed by atoms with Gasteiger partial charge in [0.15, 0.2) is 0 Å². The molecule has 2 N–H and O–H groups in total. The van der Waals surface area contributed by atoms with Gasteiger partial charge in [0.2, 0.25) is 5.91 Å². The maximum absolute atomic E-state index is 13.2. The average Bonchev–Trinajstić information content (AvgIpc) is 2.97. The highest BCUT2D eigenvalue weighted by Gasteiger charge is 2.43. The predicted molar refractivity (Wildman–Crippen MR) is 158 cm³/mol. The van der Waals surface area contributed by atoms with Crippen molar-refractivity contribution in [2.75, 3.05) is 13.1 Å². The van der Waals surface area contributed by atoms with Gasteiger partial charge >= 0.3 is 12.1 Å². The summed E-state index contributed by atoms with van der Waals surface area (Å²) in [5, 5.41) is 3.72. The smallest absolute Gasteiger partial charge is 0.489 e. The molecule has 4 rings (SSSR count). The number of carbonyl (C=O) groups excluding carboxylic acids is 4. The Balaban J connectivity index is 1.42. The number of hydrogen-bond donors (Lipinski definition) is 2. The Morgan fingerprint density at radius 1 is 1.02 bits per heavy atom. The summed E-state index contributed by atoms with van der Waals surface area (Å²) in [7, 11) is 0. The van der Waals surface area contributed by atoms with E-state index < -0.39 is 35.9 Å². The van der Waals surface area contributed by atoms with Crippen molar-refractivity contribution < 1.29 is 41.9 Å². The molecule has 0 radical (unpaired) electrons. The fourth-order valence-corrected chi connectivity index (χ4v) is 5.04. The molecule has 10 nitrogen and oxygen atoms in total. The fourth-order valence-electron chi connectivity index (χ4n) is 5.04. The lowest BCUT2D eigenvalue weighted by Gasteiger charge is -2.38. The number of nitrogens with one attached hydrogen (secondary N) is 2. The minimum atomic E-state index is -5.32. The monoisotopic (exact) mass is 628 g/mol. The molecule has 0 aliphatic carbocycles. The van der Waals surface area contributed by atoms with Gasteiger partial charge in [0, 0.05) is 47.8 Å². The van der Waals surface area contributed by atoms with Crippen molar-refractivity contribution in [2.45, 2.75) is 59.4 Å². The van der Waals surface area contributed by atoms with Crippen molar-refractivity contribution in [3.05, 3.63) is 71.4 Å². The number of carbonyl (C=O) groups is 4. The Labute approximate surface area is 258 Å². The first-order valence-electron chi connectivity index (χ1n) is 14.4. The van der Waals surface area contributed by atoms with Gasteiger partial charge in [0.1, 0.15) is 12.4 Å². The second kappa shape index (κ2) is 13.5. The largest absolute Gasteiger partial charge is 0.493 e. The summed E-state index contributed by atoms with van der Waals surface area (Å²) in [6, 6.07) is 15.2. The molecule has 1 aliphatic rings. The van der Waals surface area contributed by atoms with Crippen molar-refractivity contribution in [1.29, 1.82) is 0 Å². The summed E-state index contributed by atoms with van der Waals surface area (Å²) >= 11 is 0. The molecule has 2 atom stereocenters. The van der Waals surface area contributed by atoms with Crippen molar-refractivity contribution in [2.24, 2.45) is 11.3 Å². The number of aromatic nitrogens is 1. The maximum atomic E-state index is 13.2. The number of piperidine rings is 1. The third-order valence-corrected chi connectivity index (χ3v) is 7.22. The number of fused-ring (bicyclic) bond motifs is 1. The van der Waals surface area contributed by atoms with Crippen molar-refractivity contribution in [1.82, 2.24) is 20.7 Å². The predicted octanol–water partition coefficient (Wildman–Crippen LogP) is 4.64. The molecule has 0 saturated carbocycles. The Bertz CT molecular complexity index is 1570. The second-order valence-electron chi connectivity index (χ2n) is 12.2. The Hall–Kier alpha value is -4.68. The van der Waals surface area contributed by atoms with E-state index in [4.69, 9.17) is 4.74 Å². The van der Waals surface area contributed by atoms with Crippen molar-refractivity contribution >= 4 is 34.6 Å². The number of alkyl halides is 3. The van der Waals surface area contributed by atoms with Gasteiger partial charge in [-0.25, -0.2) is 4.79 Å². The van der Waals surface area contributed by atoms with Gasteiger partial charge in [0.25, 0.3) is 11.8 Å². The first-order valence-corrected chi connectivity index (χ1v) is 14.4. The van der Waals surface area contributed by atoms with Crippen LogP contribution in [0.1, 0.15) is 55.2 Å². The number of para-hydroxylation sites is 1. The summed E-state index contributed by atoms with van der Waals surface area (Å²) in [6.45, 7) is 7.82. The third-order valence-electron chi connectivity index (χ3n) is 7.22. The molecule has 45 heavy (non-hydrogen) atoms. The van der Waals surface area contributed by atoms with Crippen molar-refractivity contribution in [3.8, 4) is 5.75 Å². The number of rotatable bonds is 7. The van der Waals surface area contributed by atoms with Gasteiger partial charge in [-0.1, -0.05) is 39.0 Å². The minimum absolute atomic E-state index is 0.146. The normalized spacial score (nSPS) is 17.0. The Morgan fingerprint density at radius 3 is 2.38 bits per heavy atom. The number of benzene rings is 2. The molecule has 0 unspecified atom stereocenters. The Morgan fingerprint density at radius 2 is 1.71 bits per heavy atom. The summed E-state index contributed by atoms with van der Waals surface area (Å²) < 4.78 is 43.7. The number of pyridine rings is 1. The van der Waals surface area contributed by atoms with E-state index >= 15 is 0 Å². The average molecular weight is 629 g/mol. The molecule has 1 saturated heterocycles. The lowest BCUT2D eigenvalue weighted by molar-refractivity contribution is -0.208. The molecule has 0 bridgehead atoms. The molecule has 2 heterocycles. The number of ether oxygens (including phenoxy) is 1. The number of amides is 3. The van der Waals surface area contributed by atoms with Crippen LogP contribution in [-0.2, 0) is 25.8 Å². The number of hydroxylamine groups is 1. The quantitative estimate of drug-likeness (QED) is 0.365. The number of hydrogen-bond acceptors (Lipinski definition) is 7. The van der Waals surface area contributed by atoms with E-state index in [1.54, 1.807) is 29.7 Å². The summed E-state index contributed by atoms with van der Waals surface area (Å²) in [5.74, 6) is -5.13. The highest BCUT2D eigenvalue weighted by atomic mass is 19.4. The van der Waals surface area contributed by atoms with E-state index in [2.05, 4.69) is 15.1 Å². The van der Waals surface area contributed by atoms with Gasteiger partial charge in [-0.05, 0) is 55.2 Å². The van der Waals surface area contributed by atoms with E-state index in [1.165, 1.54) is 4.90 Å². The topological polar surface area (TPSA) is 127 Å². The van der Waals surface area contributed by atoms with E-state index in [9.17, 15) is 32.3 Å². The molecule has 3 aromatic rings. The molecule has 3 amide bonds.